The Kier molecular flexibility index (Phi) is 4.96. The Balaban J connectivity index is 1.55. The van der Waals surface area contributed by atoms with Crippen molar-refractivity contribution in [2.45, 2.75) is 32.7 Å². The lowest BCUT2D eigenvalue weighted by molar-refractivity contribution is 0.0951. The van der Waals surface area contributed by atoms with Crippen molar-refractivity contribution in [2.24, 2.45) is 0 Å². The molecule has 0 radical (unpaired) electrons. The van der Waals surface area contributed by atoms with E-state index in [1.54, 1.807) is 0 Å². The maximum atomic E-state index is 12.1. The molecule has 0 aromatic heterocycles. The van der Waals surface area contributed by atoms with E-state index in [1.807, 2.05) is 31.2 Å². The van der Waals surface area contributed by atoms with Gasteiger partial charge in [-0.25, -0.2) is 0 Å². The van der Waals surface area contributed by atoms with Gasteiger partial charge < -0.3 is 10.2 Å². The quantitative estimate of drug-likeness (QED) is 0.928. The normalized spacial score (nSPS) is 14.6. The van der Waals surface area contributed by atoms with Crippen LogP contribution in [0.2, 0.25) is 0 Å². The molecule has 1 heterocycles. The molecule has 1 aliphatic heterocycles. The number of amides is 1. The van der Waals surface area contributed by atoms with Crippen molar-refractivity contribution in [2.75, 3.05) is 18.0 Å². The number of piperidine rings is 1. The minimum atomic E-state index is -0.0230. The molecule has 1 saturated heterocycles. The number of nitrogens with zero attached hydrogens (tertiary/aromatic N) is 1. The van der Waals surface area contributed by atoms with E-state index >= 15 is 0 Å². The third-order valence-corrected chi connectivity index (χ3v) is 4.42. The minimum absolute atomic E-state index is 0.0230. The monoisotopic (exact) mass is 308 g/mol. The molecule has 1 fully saturated rings. The molecule has 0 aliphatic carbocycles. The van der Waals surface area contributed by atoms with E-state index in [0.717, 1.165) is 24.2 Å². The van der Waals surface area contributed by atoms with Gasteiger partial charge in [0.05, 0.1) is 0 Å². The summed E-state index contributed by atoms with van der Waals surface area (Å²) in [7, 11) is 0. The highest BCUT2D eigenvalue weighted by molar-refractivity contribution is 5.94. The van der Waals surface area contributed by atoms with Gasteiger partial charge in [-0.05, 0) is 56.0 Å². The highest BCUT2D eigenvalue weighted by atomic mass is 16.1. The predicted octanol–water partition coefficient (Wildman–Crippen LogP) is 3.92. The summed E-state index contributed by atoms with van der Waals surface area (Å²) in [5.74, 6) is -0.0230. The Hall–Kier alpha value is -2.29. The summed E-state index contributed by atoms with van der Waals surface area (Å²) in [6.45, 7) is 4.89. The molecule has 120 valence electrons. The molecule has 2 aromatic carbocycles. The van der Waals surface area contributed by atoms with Crippen LogP contribution in [0.1, 0.15) is 40.7 Å². The van der Waals surface area contributed by atoms with Crippen LogP contribution in [-0.4, -0.2) is 19.0 Å². The Morgan fingerprint density at radius 2 is 1.61 bits per heavy atom. The van der Waals surface area contributed by atoms with Crippen molar-refractivity contribution in [3.05, 3.63) is 65.2 Å². The van der Waals surface area contributed by atoms with E-state index in [9.17, 15) is 4.79 Å². The fourth-order valence-corrected chi connectivity index (χ4v) is 2.97. The maximum absolute atomic E-state index is 12.1. The zero-order chi connectivity index (χ0) is 16.1. The largest absolute Gasteiger partial charge is 0.372 e. The van der Waals surface area contributed by atoms with Gasteiger partial charge in [0, 0.05) is 30.9 Å². The second-order valence-corrected chi connectivity index (χ2v) is 6.26. The van der Waals surface area contributed by atoms with Crippen LogP contribution < -0.4 is 10.2 Å². The molecule has 0 spiro atoms. The molecule has 2 aromatic rings. The van der Waals surface area contributed by atoms with E-state index < -0.39 is 0 Å². The highest BCUT2D eigenvalue weighted by Gasteiger charge is 2.10. The molecule has 0 saturated carbocycles. The summed E-state index contributed by atoms with van der Waals surface area (Å²) in [4.78, 5) is 14.6. The van der Waals surface area contributed by atoms with Crippen LogP contribution in [0.15, 0.2) is 48.5 Å². The van der Waals surface area contributed by atoms with Crippen molar-refractivity contribution in [3.8, 4) is 0 Å². The van der Waals surface area contributed by atoms with Gasteiger partial charge in [0.25, 0.3) is 5.91 Å². The average Bonchev–Trinajstić information content (AvgIpc) is 2.61. The molecule has 3 nitrogen and oxygen atoms in total. The van der Waals surface area contributed by atoms with Crippen LogP contribution in [0.25, 0.3) is 0 Å². The van der Waals surface area contributed by atoms with Gasteiger partial charge in [0.2, 0.25) is 0 Å². The fraction of sp³-hybridized carbons (Fsp3) is 0.350. The zero-order valence-electron chi connectivity index (χ0n) is 13.7. The third kappa shape index (κ3) is 4.13. The predicted molar refractivity (Wildman–Crippen MR) is 94.9 cm³/mol. The first-order valence-electron chi connectivity index (χ1n) is 8.41. The molecule has 3 heteroatoms. The van der Waals surface area contributed by atoms with E-state index in [2.05, 4.69) is 34.5 Å². The maximum Gasteiger partial charge on any atom is 0.251 e. The molecule has 3 rings (SSSR count). The first-order valence-corrected chi connectivity index (χ1v) is 8.41. The van der Waals surface area contributed by atoms with Gasteiger partial charge in [0.1, 0.15) is 0 Å². The van der Waals surface area contributed by atoms with E-state index in [-0.39, 0.29) is 5.91 Å². The lowest BCUT2D eigenvalue weighted by atomic mass is 10.1. The highest BCUT2D eigenvalue weighted by Crippen LogP contribution is 2.20. The van der Waals surface area contributed by atoms with Crippen molar-refractivity contribution >= 4 is 11.6 Å². The van der Waals surface area contributed by atoms with Gasteiger partial charge in [-0.15, -0.1) is 0 Å². The summed E-state index contributed by atoms with van der Waals surface area (Å²) in [5.41, 5.74) is 4.29. The first kappa shape index (κ1) is 15.6. The zero-order valence-corrected chi connectivity index (χ0v) is 13.7. The Labute approximate surface area is 138 Å². The number of benzene rings is 2. The molecular weight excluding hydrogens is 284 g/mol. The number of anilines is 1. The number of carbonyl (C=O) groups is 1. The standard InChI is InChI=1S/C20H24N2O/c1-16-5-9-18(10-6-16)20(23)21-15-17-7-11-19(12-8-17)22-13-3-2-4-14-22/h5-12H,2-4,13-15H2,1H3,(H,21,23). The van der Waals surface area contributed by atoms with Gasteiger partial charge >= 0.3 is 0 Å². The van der Waals surface area contributed by atoms with Crippen LogP contribution >= 0.6 is 0 Å². The number of rotatable bonds is 4. The molecular formula is C20H24N2O. The lowest BCUT2D eigenvalue weighted by Gasteiger charge is -2.28. The second-order valence-electron chi connectivity index (χ2n) is 6.26. The van der Waals surface area contributed by atoms with Crippen LogP contribution in [0.4, 0.5) is 5.69 Å². The van der Waals surface area contributed by atoms with Gasteiger partial charge in [-0.2, -0.15) is 0 Å². The summed E-state index contributed by atoms with van der Waals surface area (Å²) in [6, 6.07) is 16.2. The van der Waals surface area contributed by atoms with E-state index in [1.165, 1.54) is 24.9 Å². The van der Waals surface area contributed by atoms with E-state index in [0.29, 0.717) is 12.1 Å². The molecule has 1 N–H and O–H groups in total. The van der Waals surface area contributed by atoms with E-state index in [4.69, 9.17) is 0 Å². The molecule has 23 heavy (non-hydrogen) atoms. The van der Waals surface area contributed by atoms with Crippen LogP contribution in [-0.2, 0) is 6.54 Å². The number of carbonyl (C=O) groups excluding carboxylic acids is 1. The van der Waals surface area contributed by atoms with Crippen molar-refractivity contribution in [1.82, 2.24) is 5.32 Å². The lowest BCUT2D eigenvalue weighted by Crippen LogP contribution is -2.29. The van der Waals surface area contributed by atoms with Crippen LogP contribution in [0.3, 0.4) is 0 Å². The topological polar surface area (TPSA) is 32.3 Å². The Bertz CT molecular complexity index is 640. The molecule has 0 unspecified atom stereocenters. The summed E-state index contributed by atoms with van der Waals surface area (Å²) < 4.78 is 0. The van der Waals surface area contributed by atoms with Crippen LogP contribution in [0, 0.1) is 6.92 Å². The van der Waals surface area contributed by atoms with Crippen molar-refractivity contribution < 1.29 is 4.79 Å². The smallest absolute Gasteiger partial charge is 0.251 e. The first-order chi connectivity index (χ1) is 11.2. The van der Waals surface area contributed by atoms with Crippen molar-refractivity contribution in [1.29, 1.82) is 0 Å². The van der Waals surface area contributed by atoms with Crippen molar-refractivity contribution in [3.63, 3.8) is 0 Å². The molecule has 0 atom stereocenters. The fourth-order valence-electron chi connectivity index (χ4n) is 2.97. The summed E-state index contributed by atoms with van der Waals surface area (Å²) >= 11 is 0. The molecule has 0 bridgehead atoms. The number of aryl methyl sites for hydroxylation is 1. The second kappa shape index (κ2) is 7.32. The summed E-state index contributed by atoms with van der Waals surface area (Å²) in [5, 5.41) is 2.98. The number of hydrogen-bond acceptors (Lipinski definition) is 2. The number of hydrogen-bond donors (Lipinski definition) is 1. The Morgan fingerprint density at radius 1 is 0.957 bits per heavy atom. The Morgan fingerprint density at radius 3 is 2.26 bits per heavy atom. The summed E-state index contributed by atoms with van der Waals surface area (Å²) in [6.07, 6.45) is 3.92. The average molecular weight is 308 g/mol. The molecule has 1 aliphatic rings. The minimum Gasteiger partial charge on any atom is -0.372 e. The van der Waals surface area contributed by atoms with Gasteiger partial charge in [-0.3, -0.25) is 4.79 Å². The SMILES string of the molecule is Cc1ccc(C(=O)NCc2ccc(N3CCCCC3)cc2)cc1. The van der Waals surface area contributed by atoms with Crippen LogP contribution in [0.5, 0.6) is 0 Å². The molecule has 1 amide bonds. The van der Waals surface area contributed by atoms with Gasteiger partial charge in [0.15, 0.2) is 0 Å². The third-order valence-electron chi connectivity index (χ3n) is 4.42. The number of nitrogens with one attached hydrogen (secondary N) is 1. The van der Waals surface area contributed by atoms with Gasteiger partial charge in [-0.1, -0.05) is 29.8 Å².